The number of piperidine rings is 1. The number of nitrogens with one attached hydrogen (secondary N) is 2. The molecule has 0 saturated carbocycles. The van der Waals surface area contributed by atoms with Crippen LogP contribution in [-0.2, 0) is 0 Å². The molecule has 0 bridgehead atoms. The molecule has 8 nitrogen and oxygen atoms in total. The highest BCUT2D eigenvalue weighted by Crippen LogP contribution is 2.34. The highest BCUT2D eigenvalue weighted by molar-refractivity contribution is 7.80. The van der Waals surface area contributed by atoms with Crippen molar-refractivity contribution in [2.24, 2.45) is 0 Å². The minimum absolute atomic E-state index is 0.0167. The molecular formula is C19H18Cl2N4O4S. The number of rotatable bonds is 4. The summed E-state index contributed by atoms with van der Waals surface area (Å²) in [6, 6.07) is 7.15. The van der Waals surface area contributed by atoms with Gasteiger partial charge in [-0.3, -0.25) is 20.2 Å². The van der Waals surface area contributed by atoms with Gasteiger partial charge in [-0.05, 0) is 55.7 Å². The summed E-state index contributed by atoms with van der Waals surface area (Å²) < 4.78 is 0. The lowest BCUT2D eigenvalue weighted by atomic mass is 10.1. The number of thiocarbonyl (C=S) groups is 1. The number of benzene rings is 2. The number of amides is 1. The fourth-order valence-corrected chi connectivity index (χ4v) is 3.89. The van der Waals surface area contributed by atoms with Gasteiger partial charge in [0.25, 0.3) is 11.6 Å². The van der Waals surface area contributed by atoms with E-state index in [1.165, 1.54) is 24.3 Å². The van der Waals surface area contributed by atoms with Gasteiger partial charge in [0.15, 0.2) is 10.9 Å². The first-order valence-electron chi connectivity index (χ1n) is 9.10. The Morgan fingerprint density at radius 3 is 2.37 bits per heavy atom. The summed E-state index contributed by atoms with van der Waals surface area (Å²) in [5.41, 5.74) is 0.846. The van der Waals surface area contributed by atoms with E-state index in [1.54, 1.807) is 6.07 Å². The molecule has 2 aromatic rings. The van der Waals surface area contributed by atoms with Crippen molar-refractivity contribution in [3.05, 3.63) is 56.1 Å². The summed E-state index contributed by atoms with van der Waals surface area (Å²) in [6.45, 7) is 1.50. The normalized spacial score (nSPS) is 13.6. The van der Waals surface area contributed by atoms with Crippen molar-refractivity contribution in [1.29, 1.82) is 0 Å². The molecule has 1 heterocycles. The number of nitro benzene ring substituents is 1. The van der Waals surface area contributed by atoms with E-state index in [4.69, 9.17) is 35.4 Å². The largest absolute Gasteiger partial charge is 0.505 e. The third kappa shape index (κ3) is 5.10. The van der Waals surface area contributed by atoms with Crippen LogP contribution in [0.3, 0.4) is 0 Å². The first-order chi connectivity index (χ1) is 14.3. The Morgan fingerprint density at radius 2 is 1.77 bits per heavy atom. The predicted octanol–water partition coefficient (Wildman–Crippen LogP) is 4.72. The van der Waals surface area contributed by atoms with Gasteiger partial charge in [0.2, 0.25) is 0 Å². The summed E-state index contributed by atoms with van der Waals surface area (Å²) in [7, 11) is 0. The molecule has 0 atom stereocenters. The summed E-state index contributed by atoms with van der Waals surface area (Å²) >= 11 is 16.8. The molecule has 0 aromatic heterocycles. The molecule has 0 spiro atoms. The van der Waals surface area contributed by atoms with Crippen LogP contribution in [0.1, 0.15) is 29.6 Å². The molecule has 2 aromatic carbocycles. The molecule has 1 aliphatic rings. The Hall–Kier alpha value is -2.62. The molecule has 3 N–H and O–H groups in total. The van der Waals surface area contributed by atoms with Crippen LogP contribution >= 0.6 is 35.4 Å². The second-order valence-corrected chi connectivity index (χ2v) is 7.93. The SMILES string of the molecule is O=C(NC(=S)Nc1cc(Cl)c(O)c(Cl)c1)c1ccc(N2CCCCC2)c([N+](=O)[O-])c1. The number of hydrogen-bond acceptors (Lipinski definition) is 6. The van der Waals surface area contributed by atoms with Crippen molar-refractivity contribution in [2.45, 2.75) is 19.3 Å². The second kappa shape index (κ2) is 9.46. The molecule has 1 amide bonds. The van der Waals surface area contributed by atoms with E-state index >= 15 is 0 Å². The molecule has 1 aliphatic heterocycles. The number of aromatic hydroxyl groups is 1. The fraction of sp³-hybridized carbons (Fsp3) is 0.263. The standard InChI is InChI=1S/C19H18Cl2N4O4S/c20-13-9-12(10-14(21)17(13)26)22-19(30)23-18(27)11-4-5-15(16(8-11)25(28)29)24-6-2-1-3-7-24/h4-5,8-10,26H,1-3,6-7H2,(H2,22,23,27,30). The van der Waals surface area contributed by atoms with Gasteiger partial charge in [-0.2, -0.15) is 0 Å². The average Bonchev–Trinajstić information content (AvgIpc) is 2.72. The minimum atomic E-state index is -0.600. The number of nitro groups is 1. The lowest BCUT2D eigenvalue weighted by Crippen LogP contribution is -2.34. The third-order valence-corrected chi connectivity index (χ3v) is 5.41. The van der Waals surface area contributed by atoms with Gasteiger partial charge in [0.1, 0.15) is 5.69 Å². The van der Waals surface area contributed by atoms with Gasteiger partial charge in [0.05, 0.1) is 15.0 Å². The smallest absolute Gasteiger partial charge is 0.293 e. The van der Waals surface area contributed by atoms with Gasteiger partial charge in [-0.1, -0.05) is 23.2 Å². The molecular weight excluding hydrogens is 451 g/mol. The first kappa shape index (κ1) is 22.1. The van der Waals surface area contributed by atoms with Crippen molar-refractivity contribution >= 4 is 63.5 Å². The maximum atomic E-state index is 12.5. The van der Waals surface area contributed by atoms with Crippen LogP contribution in [-0.4, -0.2) is 34.1 Å². The van der Waals surface area contributed by atoms with Gasteiger partial charge >= 0.3 is 0 Å². The van der Waals surface area contributed by atoms with Crippen LogP contribution in [0.4, 0.5) is 17.1 Å². The lowest BCUT2D eigenvalue weighted by molar-refractivity contribution is -0.384. The van der Waals surface area contributed by atoms with E-state index in [2.05, 4.69) is 10.6 Å². The van der Waals surface area contributed by atoms with Crippen LogP contribution in [0, 0.1) is 10.1 Å². The monoisotopic (exact) mass is 468 g/mol. The number of phenols is 1. The number of halogens is 2. The van der Waals surface area contributed by atoms with E-state index in [0.29, 0.717) is 11.4 Å². The van der Waals surface area contributed by atoms with E-state index in [0.717, 1.165) is 32.4 Å². The number of hydrogen-bond donors (Lipinski definition) is 3. The van der Waals surface area contributed by atoms with Crippen LogP contribution in [0.15, 0.2) is 30.3 Å². The number of anilines is 2. The summed E-state index contributed by atoms with van der Waals surface area (Å²) in [6.07, 6.45) is 3.06. The second-order valence-electron chi connectivity index (χ2n) is 6.71. The van der Waals surface area contributed by atoms with E-state index in [1.807, 2.05) is 4.90 Å². The summed E-state index contributed by atoms with van der Waals surface area (Å²) in [5.74, 6) is -0.864. The number of carbonyl (C=O) groups is 1. The van der Waals surface area contributed by atoms with Crippen LogP contribution < -0.4 is 15.5 Å². The molecule has 0 aliphatic carbocycles. The van der Waals surface area contributed by atoms with Crippen molar-refractivity contribution in [1.82, 2.24) is 5.32 Å². The maximum absolute atomic E-state index is 12.5. The van der Waals surface area contributed by atoms with Gasteiger partial charge in [-0.15, -0.1) is 0 Å². The minimum Gasteiger partial charge on any atom is -0.505 e. The maximum Gasteiger partial charge on any atom is 0.293 e. The predicted molar refractivity (Wildman–Crippen MR) is 121 cm³/mol. The Morgan fingerprint density at radius 1 is 1.13 bits per heavy atom. The zero-order chi connectivity index (χ0) is 21.8. The third-order valence-electron chi connectivity index (χ3n) is 4.63. The zero-order valence-corrected chi connectivity index (χ0v) is 18.0. The van der Waals surface area contributed by atoms with E-state index < -0.39 is 10.8 Å². The number of nitrogens with zero attached hydrogens (tertiary/aromatic N) is 2. The van der Waals surface area contributed by atoms with Crippen LogP contribution in [0.25, 0.3) is 0 Å². The summed E-state index contributed by atoms with van der Waals surface area (Å²) in [4.78, 5) is 25.6. The van der Waals surface area contributed by atoms with Gasteiger partial charge in [-0.25, -0.2) is 0 Å². The fourth-order valence-electron chi connectivity index (χ4n) is 3.19. The van der Waals surface area contributed by atoms with Gasteiger partial charge < -0.3 is 15.3 Å². The molecule has 3 rings (SSSR count). The van der Waals surface area contributed by atoms with E-state index in [-0.39, 0.29) is 32.2 Å². The van der Waals surface area contributed by atoms with Crippen molar-refractivity contribution < 1.29 is 14.8 Å². The molecule has 0 radical (unpaired) electrons. The van der Waals surface area contributed by atoms with Crippen LogP contribution in [0.2, 0.25) is 10.0 Å². The van der Waals surface area contributed by atoms with Crippen molar-refractivity contribution in [3.63, 3.8) is 0 Å². The lowest BCUT2D eigenvalue weighted by Gasteiger charge is -2.28. The molecule has 30 heavy (non-hydrogen) atoms. The topological polar surface area (TPSA) is 108 Å². The van der Waals surface area contributed by atoms with Gasteiger partial charge in [0, 0.05) is 30.4 Å². The Bertz CT molecular complexity index is 989. The quantitative estimate of drug-likeness (QED) is 0.257. The highest BCUT2D eigenvalue weighted by atomic mass is 35.5. The zero-order valence-electron chi connectivity index (χ0n) is 15.7. The molecule has 1 saturated heterocycles. The average molecular weight is 469 g/mol. The highest BCUT2D eigenvalue weighted by Gasteiger charge is 2.23. The van der Waals surface area contributed by atoms with E-state index in [9.17, 15) is 20.0 Å². The Kier molecular flexibility index (Phi) is 6.96. The van der Waals surface area contributed by atoms with Crippen LogP contribution in [0.5, 0.6) is 5.75 Å². The molecule has 158 valence electrons. The molecule has 1 fully saturated rings. The number of phenolic OH excluding ortho intramolecular Hbond substituents is 1. The molecule has 0 unspecified atom stereocenters. The Labute approximate surface area is 187 Å². The van der Waals surface area contributed by atoms with Crippen molar-refractivity contribution in [3.8, 4) is 5.75 Å². The number of carbonyl (C=O) groups excluding carboxylic acids is 1. The summed E-state index contributed by atoms with van der Waals surface area (Å²) in [5, 5.41) is 26.3. The Balaban J connectivity index is 1.73. The first-order valence-corrected chi connectivity index (χ1v) is 10.3. The molecule has 11 heteroatoms. The van der Waals surface area contributed by atoms with Crippen molar-refractivity contribution in [2.75, 3.05) is 23.3 Å².